The Labute approximate surface area is 151 Å². The molecule has 0 unspecified atom stereocenters. The lowest BCUT2D eigenvalue weighted by Gasteiger charge is -2.16. The molecule has 1 N–H and O–H groups in total. The lowest BCUT2D eigenvalue weighted by Crippen LogP contribution is -2.01. The Hall–Kier alpha value is -2.25. The number of aryl methyl sites for hydroxylation is 1. The van der Waals surface area contributed by atoms with E-state index >= 15 is 0 Å². The zero-order chi connectivity index (χ0) is 18.0. The highest BCUT2D eigenvalue weighted by molar-refractivity contribution is 7.18. The van der Waals surface area contributed by atoms with Crippen LogP contribution in [0.3, 0.4) is 0 Å². The third kappa shape index (κ3) is 3.57. The second-order valence-corrected chi connectivity index (χ2v) is 7.17. The lowest BCUT2D eigenvalue weighted by molar-refractivity contribution is 0.185. The molecule has 0 saturated heterocycles. The zero-order valence-corrected chi connectivity index (χ0v) is 15.9. The van der Waals surface area contributed by atoms with Crippen LogP contribution < -0.4 is 10.1 Å². The molecule has 0 amide bonds. The van der Waals surface area contributed by atoms with Crippen LogP contribution >= 0.6 is 11.3 Å². The Kier molecular flexibility index (Phi) is 5.15. The van der Waals surface area contributed by atoms with Gasteiger partial charge in [0, 0.05) is 7.11 Å². The third-order valence-corrected chi connectivity index (χ3v) is 4.91. The number of ether oxygens (including phenoxy) is 2. The van der Waals surface area contributed by atoms with Crippen molar-refractivity contribution >= 4 is 33.2 Å². The number of methoxy groups -OCH3 is 2. The van der Waals surface area contributed by atoms with Gasteiger partial charge in [-0.05, 0) is 36.1 Å². The maximum atomic E-state index is 5.58. The molecule has 0 aliphatic heterocycles. The fourth-order valence-corrected chi connectivity index (χ4v) is 3.67. The molecule has 0 radical (unpaired) electrons. The normalized spacial score (nSPS) is 11.3. The number of hydrogen-bond acceptors (Lipinski definition) is 7. The minimum atomic E-state index is 0.434. The summed E-state index contributed by atoms with van der Waals surface area (Å²) in [4.78, 5) is 14.1. The molecule has 0 bridgehead atoms. The number of hydrogen-bond donors (Lipinski definition) is 1. The fourth-order valence-electron chi connectivity index (χ4n) is 2.79. The molecule has 7 heteroatoms. The summed E-state index contributed by atoms with van der Waals surface area (Å²) < 4.78 is 10.7. The standard InChI is InChI=1S/C18H22N4O2S/c1-10(2)12-7-14(24-5)13(6-11(12)3)21-17-16-18(20-9-19-17)25-15(22-16)8-23-4/h6-7,9-10H,8H2,1-5H3,(H,19,20,21). The van der Waals surface area contributed by atoms with Crippen molar-refractivity contribution in [2.75, 3.05) is 19.5 Å². The van der Waals surface area contributed by atoms with E-state index in [1.165, 1.54) is 22.5 Å². The molecule has 0 aliphatic carbocycles. The summed E-state index contributed by atoms with van der Waals surface area (Å²) in [5, 5.41) is 4.23. The molecule has 0 saturated carbocycles. The number of anilines is 2. The third-order valence-electron chi connectivity index (χ3n) is 3.97. The van der Waals surface area contributed by atoms with Crippen molar-refractivity contribution < 1.29 is 9.47 Å². The van der Waals surface area contributed by atoms with E-state index < -0.39 is 0 Å². The van der Waals surface area contributed by atoms with E-state index in [1.807, 2.05) is 0 Å². The fraction of sp³-hybridized carbons (Fsp3) is 0.389. The summed E-state index contributed by atoms with van der Waals surface area (Å²) in [6, 6.07) is 4.17. The van der Waals surface area contributed by atoms with Crippen LogP contribution in [-0.2, 0) is 11.3 Å². The number of thiazole rings is 1. The second-order valence-electron chi connectivity index (χ2n) is 6.11. The van der Waals surface area contributed by atoms with Gasteiger partial charge < -0.3 is 14.8 Å². The predicted octanol–water partition coefficient (Wildman–Crippen LogP) is 4.42. The van der Waals surface area contributed by atoms with Gasteiger partial charge in [0.15, 0.2) is 5.82 Å². The molecule has 1 aromatic carbocycles. The summed E-state index contributed by atoms with van der Waals surface area (Å²) >= 11 is 1.51. The van der Waals surface area contributed by atoms with E-state index in [9.17, 15) is 0 Å². The molecular weight excluding hydrogens is 336 g/mol. The minimum absolute atomic E-state index is 0.434. The Morgan fingerprint density at radius 3 is 2.68 bits per heavy atom. The molecule has 6 nitrogen and oxygen atoms in total. The van der Waals surface area contributed by atoms with Gasteiger partial charge in [-0.1, -0.05) is 25.2 Å². The second kappa shape index (κ2) is 7.33. The van der Waals surface area contributed by atoms with E-state index in [1.54, 1.807) is 20.5 Å². The van der Waals surface area contributed by atoms with Crippen molar-refractivity contribution in [3.05, 3.63) is 34.6 Å². The molecule has 0 aliphatic rings. The number of benzene rings is 1. The van der Waals surface area contributed by atoms with E-state index in [-0.39, 0.29) is 0 Å². The topological polar surface area (TPSA) is 69.2 Å². The van der Waals surface area contributed by atoms with Crippen LogP contribution in [0.1, 0.15) is 35.9 Å². The smallest absolute Gasteiger partial charge is 0.161 e. The first-order valence-corrected chi connectivity index (χ1v) is 8.90. The molecule has 2 heterocycles. The van der Waals surface area contributed by atoms with Gasteiger partial charge in [-0.25, -0.2) is 15.0 Å². The number of nitrogens with one attached hydrogen (secondary N) is 1. The van der Waals surface area contributed by atoms with Crippen molar-refractivity contribution in [2.24, 2.45) is 0 Å². The van der Waals surface area contributed by atoms with Crippen molar-refractivity contribution in [3.63, 3.8) is 0 Å². The molecule has 0 spiro atoms. The molecule has 0 atom stereocenters. The van der Waals surface area contributed by atoms with Crippen molar-refractivity contribution in [3.8, 4) is 5.75 Å². The average molecular weight is 358 g/mol. The van der Waals surface area contributed by atoms with Crippen molar-refractivity contribution in [1.82, 2.24) is 15.0 Å². The quantitative estimate of drug-likeness (QED) is 0.703. The van der Waals surface area contributed by atoms with E-state index in [2.05, 4.69) is 53.2 Å². The van der Waals surface area contributed by atoms with Gasteiger partial charge >= 0.3 is 0 Å². The first kappa shape index (κ1) is 17.6. The molecule has 132 valence electrons. The van der Waals surface area contributed by atoms with Gasteiger partial charge in [0.1, 0.15) is 27.4 Å². The number of fused-ring (bicyclic) bond motifs is 1. The highest BCUT2D eigenvalue weighted by Gasteiger charge is 2.15. The van der Waals surface area contributed by atoms with Crippen LogP contribution in [0.5, 0.6) is 5.75 Å². The Balaban J connectivity index is 2.02. The summed E-state index contributed by atoms with van der Waals surface area (Å²) in [6.45, 7) is 6.92. The van der Waals surface area contributed by atoms with Crippen LogP contribution in [0.15, 0.2) is 18.5 Å². The van der Waals surface area contributed by atoms with E-state index in [4.69, 9.17) is 9.47 Å². The SMILES string of the molecule is COCc1nc2c(Nc3cc(C)c(C(C)C)cc3OC)ncnc2s1. The van der Waals surface area contributed by atoms with E-state index in [0.717, 1.165) is 26.8 Å². The average Bonchev–Trinajstić information content (AvgIpc) is 2.99. The molecule has 3 aromatic rings. The maximum absolute atomic E-state index is 5.58. The number of nitrogens with zero attached hydrogens (tertiary/aromatic N) is 3. The molecule has 3 rings (SSSR count). The Bertz CT molecular complexity index is 892. The molecule has 25 heavy (non-hydrogen) atoms. The van der Waals surface area contributed by atoms with Gasteiger partial charge in [0.2, 0.25) is 0 Å². The van der Waals surface area contributed by atoms with Crippen LogP contribution in [0.2, 0.25) is 0 Å². The summed E-state index contributed by atoms with van der Waals surface area (Å²) in [5.41, 5.74) is 4.09. The largest absolute Gasteiger partial charge is 0.495 e. The summed E-state index contributed by atoms with van der Waals surface area (Å²) in [6.07, 6.45) is 1.54. The zero-order valence-electron chi connectivity index (χ0n) is 15.1. The summed E-state index contributed by atoms with van der Waals surface area (Å²) in [7, 11) is 3.33. The highest BCUT2D eigenvalue weighted by atomic mass is 32.1. The van der Waals surface area contributed by atoms with Crippen LogP contribution in [0.25, 0.3) is 10.3 Å². The molecule has 0 fully saturated rings. The van der Waals surface area contributed by atoms with Crippen molar-refractivity contribution in [1.29, 1.82) is 0 Å². The van der Waals surface area contributed by atoms with Gasteiger partial charge in [0.25, 0.3) is 0 Å². The minimum Gasteiger partial charge on any atom is -0.495 e. The highest BCUT2D eigenvalue weighted by Crippen LogP contribution is 2.35. The lowest BCUT2D eigenvalue weighted by atomic mass is 9.97. The molecule has 2 aromatic heterocycles. The first-order valence-electron chi connectivity index (χ1n) is 8.08. The molecular formula is C18H22N4O2S. The monoisotopic (exact) mass is 358 g/mol. The Morgan fingerprint density at radius 1 is 1.20 bits per heavy atom. The van der Waals surface area contributed by atoms with E-state index in [0.29, 0.717) is 18.3 Å². The van der Waals surface area contributed by atoms with Crippen LogP contribution in [0.4, 0.5) is 11.5 Å². The number of aromatic nitrogens is 3. The predicted molar refractivity (Wildman–Crippen MR) is 101 cm³/mol. The van der Waals surface area contributed by atoms with Crippen molar-refractivity contribution in [2.45, 2.75) is 33.3 Å². The van der Waals surface area contributed by atoms with Gasteiger partial charge in [0.05, 0.1) is 19.4 Å². The van der Waals surface area contributed by atoms with Gasteiger partial charge in [-0.2, -0.15) is 0 Å². The first-order chi connectivity index (χ1) is 12.0. The van der Waals surface area contributed by atoms with Crippen LogP contribution in [0, 0.1) is 6.92 Å². The van der Waals surface area contributed by atoms with Gasteiger partial charge in [-0.15, -0.1) is 0 Å². The summed E-state index contributed by atoms with van der Waals surface area (Å²) in [5.74, 6) is 1.89. The van der Waals surface area contributed by atoms with Gasteiger partial charge in [-0.3, -0.25) is 0 Å². The maximum Gasteiger partial charge on any atom is 0.161 e. The Morgan fingerprint density at radius 2 is 2.00 bits per heavy atom. The number of rotatable bonds is 6. The van der Waals surface area contributed by atoms with Crippen LogP contribution in [-0.4, -0.2) is 29.2 Å².